The predicted octanol–water partition coefficient (Wildman–Crippen LogP) is 3.08. The second kappa shape index (κ2) is 7.90. The van der Waals surface area contributed by atoms with E-state index in [4.69, 9.17) is 4.74 Å². The summed E-state index contributed by atoms with van der Waals surface area (Å²) in [6.07, 6.45) is 0. The van der Waals surface area contributed by atoms with Crippen LogP contribution in [0.3, 0.4) is 0 Å². The number of rotatable bonds is 6. The molecule has 6 heteroatoms. The first-order valence-corrected chi connectivity index (χ1v) is 7.80. The molecule has 2 aromatic rings. The minimum atomic E-state index is -0.830. The standard InChI is InChI=1S/C19H21FN2O3/c1-13(23)21-15-9-10-17(20)16(11-15)18(24)22-19(2,12-25-3)14-7-5-4-6-8-14/h4-11H,12H2,1-3H3,(H,21,23)(H,22,24)/t19-/m1/s1. The van der Waals surface area contributed by atoms with Gasteiger partial charge in [0.05, 0.1) is 17.7 Å². The number of hydrogen-bond acceptors (Lipinski definition) is 3. The molecule has 2 rings (SSSR count). The zero-order valence-corrected chi connectivity index (χ0v) is 14.4. The molecule has 0 unspecified atom stereocenters. The first-order chi connectivity index (χ1) is 11.9. The fourth-order valence-corrected chi connectivity index (χ4v) is 2.58. The van der Waals surface area contributed by atoms with Crippen molar-refractivity contribution in [1.29, 1.82) is 0 Å². The topological polar surface area (TPSA) is 67.4 Å². The molecule has 132 valence electrons. The lowest BCUT2D eigenvalue weighted by Crippen LogP contribution is -2.47. The Morgan fingerprint density at radius 2 is 1.84 bits per heavy atom. The summed E-state index contributed by atoms with van der Waals surface area (Å²) in [7, 11) is 1.53. The summed E-state index contributed by atoms with van der Waals surface area (Å²) in [5.74, 6) is -1.56. The quantitative estimate of drug-likeness (QED) is 0.846. The van der Waals surface area contributed by atoms with Gasteiger partial charge in [0.1, 0.15) is 5.82 Å². The average Bonchev–Trinajstić information content (AvgIpc) is 2.57. The Hall–Kier alpha value is -2.73. The van der Waals surface area contributed by atoms with Gasteiger partial charge in [-0.1, -0.05) is 30.3 Å². The molecule has 2 aromatic carbocycles. The number of halogens is 1. The zero-order valence-electron chi connectivity index (χ0n) is 14.4. The van der Waals surface area contributed by atoms with Crippen LogP contribution in [0.25, 0.3) is 0 Å². The number of anilines is 1. The second-order valence-electron chi connectivity index (χ2n) is 5.96. The number of ether oxygens (including phenoxy) is 1. The lowest BCUT2D eigenvalue weighted by Gasteiger charge is -2.31. The van der Waals surface area contributed by atoms with Gasteiger partial charge >= 0.3 is 0 Å². The third-order valence-electron chi connectivity index (χ3n) is 3.76. The maximum Gasteiger partial charge on any atom is 0.255 e. The van der Waals surface area contributed by atoms with Crippen molar-refractivity contribution in [3.63, 3.8) is 0 Å². The molecule has 0 saturated carbocycles. The van der Waals surface area contributed by atoms with Crippen LogP contribution in [0, 0.1) is 5.82 Å². The van der Waals surface area contributed by atoms with E-state index in [1.165, 1.54) is 26.2 Å². The molecule has 25 heavy (non-hydrogen) atoms. The van der Waals surface area contributed by atoms with E-state index in [0.29, 0.717) is 5.69 Å². The number of carbonyl (C=O) groups excluding carboxylic acids is 2. The van der Waals surface area contributed by atoms with E-state index in [1.54, 1.807) is 6.92 Å². The van der Waals surface area contributed by atoms with Crippen molar-refractivity contribution < 1.29 is 18.7 Å². The minimum Gasteiger partial charge on any atom is -0.382 e. The molecule has 0 heterocycles. The van der Waals surface area contributed by atoms with Gasteiger partial charge in [-0.15, -0.1) is 0 Å². The molecule has 0 bridgehead atoms. The number of benzene rings is 2. The van der Waals surface area contributed by atoms with Crippen LogP contribution in [0.4, 0.5) is 10.1 Å². The summed E-state index contributed by atoms with van der Waals surface area (Å²) in [4.78, 5) is 23.8. The van der Waals surface area contributed by atoms with Gasteiger partial charge in [0, 0.05) is 19.7 Å². The van der Waals surface area contributed by atoms with Gasteiger partial charge in [0.25, 0.3) is 5.91 Å². The van der Waals surface area contributed by atoms with Gasteiger partial charge in [-0.05, 0) is 30.7 Å². The molecule has 0 aliphatic heterocycles. The van der Waals surface area contributed by atoms with E-state index >= 15 is 0 Å². The van der Waals surface area contributed by atoms with Gasteiger partial charge in [0.2, 0.25) is 5.91 Å². The number of carbonyl (C=O) groups is 2. The Balaban J connectivity index is 2.31. The smallest absolute Gasteiger partial charge is 0.255 e. The van der Waals surface area contributed by atoms with E-state index in [2.05, 4.69) is 10.6 Å². The number of amides is 2. The fraction of sp³-hybridized carbons (Fsp3) is 0.263. The lowest BCUT2D eigenvalue weighted by atomic mass is 9.92. The molecule has 2 N–H and O–H groups in total. The highest BCUT2D eigenvalue weighted by atomic mass is 19.1. The third-order valence-corrected chi connectivity index (χ3v) is 3.76. The predicted molar refractivity (Wildman–Crippen MR) is 93.8 cm³/mol. The number of hydrogen-bond donors (Lipinski definition) is 2. The molecule has 0 aliphatic rings. The summed E-state index contributed by atoms with van der Waals surface area (Å²) in [6, 6.07) is 13.2. The third kappa shape index (κ3) is 4.64. The Kier molecular flexibility index (Phi) is 5.88. The average molecular weight is 344 g/mol. The van der Waals surface area contributed by atoms with E-state index < -0.39 is 17.3 Å². The summed E-state index contributed by atoms with van der Waals surface area (Å²) in [5.41, 5.74) is 0.212. The monoisotopic (exact) mass is 344 g/mol. The van der Waals surface area contributed by atoms with Crippen LogP contribution in [0.2, 0.25) is 0 Å². The number of nitrogens with one attached hydrogen (secondary N) is 2. The molecule has 0 saturated heterocycles. The van der Waals surface area contributed by atoms with E-state index in [1.807, 2.05) is 30.3 Å². The summed E-state index contributed by atoms with van der Waals surface area (Å²) in [6.45, 7) is 3.36. The molecular weight excluding hydrogens is 323 g/mol. The summed E-state index contributed by atoms with van der Waals surface area (Å²) in [5, 5.41) is 5.37. The van der Waals surface area contributed by atoms with Crippen molar-refractivity contribution in [3.8, 4) is 0 Å². The molecule has 0 fully saturated rings. The maximum absolute atomic E-state index is 14.1. The van der Waals surface area contributed by atoms with Crippen LogP contribution < -0.4 is 10.6 Å². The van der Waals surface area contributed by atoms with Crippen molar-refractivity contribution in [1.82, 2.24) is 5.32 Å². The van der Waals surface area contributed by atoms with Crippen molar-refractivity contribution >= 4 is 17.5 Å². The molecule has 0 aliphatic carbocycles. The molecular formula is C19H21FN2O3. The Labute approximate surface area is 146 Å². The van der Waals surface area contributed by atoms with E-state index in [0.717, 1.165) is 11.6 Å². The molecule has 0 aromatic heterocycles. The van der Waals surface area contributed by atoms with Crippen molar-refractivity contribution in [2.75, 3.05) is 19.0 Å². The summed E-state index contributed by atoms with van der Waals surface area (Å²) >= 11 is 0. The Morgan fingerprint density at radius 1 is 1.16 bits per heavy atom. The molecule has 0 radical (unpaired) electrons. The highest BCUT2D eigenvalue weighted by Gasteiger charge is 2.30. The Morgan fingerprint density at radius 3 is 2.44 bits per heavy atom. The van der Waals surface area contributed by atoms with Gasteiger partial charge < -0.3 is 15.4 Å². The molecule has 0 spiro atoms. The summed E-state index contributed by atoms with van der Waals surface area (Å²) < 4.78 is 19.4. The SMILES string of the molecule is COC[C@@](C)(NC(=O)c1cc(NC(C)=O)ccc1F)c1ccccc1. The van der Waals surface area contributed by atoms with Crippen molar-refractivity contribution in [3.05, 3.63) is 65.5 Å². The van der Waals surface area contributed by atoms with Crippen LogP contribution in [0.5, 0.6) is 0 Å². The van der Waals surface area contributed by atoms with Crippen LogP contribution in [-0.4, -0.2) is 25.5 Å². The van der Waals surface area contributed by atoms with Gasteiger partial charge in [0.15, 0.2) is 0 Å². The van der Waals surface area contributed by atoms with Crippen LogP contribution in [0.1, 0.15) is 29.8 Å². The lowest BCUT2D eigenvalue weighted by molar-refractivity contribution is -0.114. The minimum absolute atomic E-state index is 0.149. The van der Waals surface area contributed by atoms with Gasteiger partial charge in [-0.2, -0.15) is 0 Å². The van der Waals surface area contributed by atoms with E-state index in [9.17, 15) is 14.0 Å². The highest BCUT2D eigenvalue weighted by Crippen LogP contribution is 2.23. The maximum atomic E-state index is 14.1. The highest BCUT2D eigenvalue weighted by molar-refractivity contribution is 5.97. The van der Waals surface area contributed by atoms with Gasteiger partial charge in [-0.25, -0.2) is 4.39 Å². The van der Waals surface area contributed by atoms with Crippen molar-refractivity contribution in [2.45, 2.75) is 19.4 Å². The van der Waals surface area contributed by atoms with Gasteiger partial charge in [-0.3, -0.25) is 9.59 Å². The first-order valence-electron chi connectivity index (χ1n) is 7.80. The first kappa shape index (κ1) is 18.6. The molecule has 5 nitrogen and oxygen atoms in total. The van der Waals surface area contributed by atoms with Crippen LogP contribution in [0.15, 0.2) is 48.5 Å². The van der Waals surface area contributed by atoms with Crippen LogP contribution >= 0.6 is 0 Å². The largest absolute Gasteiger partial charge is 0.382 e. The van der Waals surface area contributed by atoms with Crippen molar-refractivity contribution in [2.24, 2.45) is 0 Å². The molecule has 2 amide bonds. The second-order valence-corrected chi connectivity index (χ2v) is 5.96. The number of methoxy groups -OCH3 is 1. The Bertz CT molecular complexity index is 765. The normalized spacial score (nSPS) is 13.0. The fourth-order valence-electron chi connectivity index (χ4n) is 2.58. The van der Waals surface area contributed by atoms with Crippen LogP contribution in [-0.2, 0) is 15.1 Å². The van der Waals surface area contributed by atoms with E-state index in [-0.39, 0.29) is 18.1 Å². The molecule has 1 atom stereocenters. The zero-order chi connectivity index (χ0) is 18.4.